The van der Waals surface area contributed by atoms with E-state index >= 15 is 0 Å². The fourth-order valence-corrected chi connectivity index (χ4v) is 2.94. The van der Waals surface area contributed by atoms with Crippen molar-refractivity contribution in [2.24, 2.45) is 11.7 Å². The Morgan fingerprint density at radius 3 is 2.11 bits per heavy atom. The maximum atomic E-state index is 11.7. The first-order chi connectivity index (χ1) is 8.40. The van der Waals surface area contributed by atoms with E-state index in [1.165, 1.54) is 0 Å². The van der Waals surface area contributed by atoms with E-state index in [2.05, 4.69) is 13.8 Å². The van der Waals surface area contributed by atoms with Gasteiger partial charge in [-0.25, -0.2) is 8.42 Å². The quantitative estimate of drug-likeness (QED) is 0.863. The van der Waals surface area contributed by atoms with Gasteiger partial charge >= 0.3 is 0 Å². The SMILES string of the molecule is CCS(=O)(=O)c1ccc(C(CN)CC(C)C)cc1. The fraction of sp³-hybridized carbons (Fsp3) is 0.571. The van der Waals surface area contributed by atoms with Crippen LogP contribution < -0.4 is 5.73 Å². The summed E-state index contributed by atoms with van der Waals surface area (Å²) in [5.74, 6) is 1.03. The fourth-order valence-electron chi connectivity index (χ4n) is 2.05. The number of rotatable bonds is 6. The molecule has 3 nitrogen and oxygen atoms in total. The summed E-state index contributed by atoms with van der Waals surface area (Å²) in [5, 5.41) is 0. The molecule has 1 atom stereocenters. The molecule has 0 aliphatic rings. The molecule has 0 aliphatic carbocycles. The van der Waals surface area contributed by atoms with E-state index in [0.717, 1.165) is 12.0 Å². The third kappa shape index (κ3) is 3.82. The van der Waals surface area contributed by atoms with Crippen LogP contribution in [-0.4, -0.2) is 20.7 Å². The summed E-state index contributed by atoms with van der Waals surface area (Å²) in [6.07, 6.45) is 1.02. The Morgan fingerprint density at radius 2 is 1.72 bits per heavy atom. The topological polar surface area (TPSA) is 60.2 Å². The van der Waals surface area contributed by atoms with Gasteiger partial charge in [0.25, 0.3) is 0 Å². The molecule has 0 heterocycles. The van der Waals surface area contributed by atoms with Crippen molar-refractivity contribution in [2.45, 2.75) is 38.0 Å². The van der Waals surface area contributed by atoms with Crippen LogP contribution >= 0.6 is 0 Å². The van der Waals surface area contributed by atoms with Crippen molar-refractivity contribution in [3.63, 3.8) is 0 Å². The summed E-state index contributed by atoms with van der Waals surface area (Å²) >= 11 is 0. The monoisotopic (exact) mass is 269 g/mol. The Balaban J connectivity index is 2.94. The van der Waals surface area contributed by atoms with Crippen LogP contribution in [0.25, 0.3) is 0 Å². The molecule has 0 aromatic heterocycles. The summed E-state index contributed by atoms with van der Waals surface area (Å²) in [5.41, 5.74) is 6.91. The first-order valence-corrected chi connectivity index (χ1v) is 8.08. The highest BCUT2D eigenvalue weighted by Gasteiger charge is 2.14. The van der Waals surface area contributed by atoms with Crippen molar-refractivity contribution in [3.8, 4) is 0 Å². The molecule has 1 unspecified atom stereocenters. The van der Waals surface area contributed by atoms with Gasteiger partial charge in [0.15, 0.2) is 9.84 Å². The zero-order valence-electron chi connectivity index (χ0n) is 11.4. The van der Waals surface area contributed by atoms with Gasteiger partial charge in [-0.05, 0) is 42.5 Å². The third-order valence-electron chi connectivity index (χ3n) is 3.13. The van der Waals surface area contributed by atoms with Crippen molar-refractivity contribution in [1.82, 2.24) is 0 Å². The minimum atomic E-state index is -3.10. The number of nitrogens with two attached hydrogens (primary N) is 1. The van der Waals surface area contributed by atoms with E-state index in [9.17, 15) is 8.42 Å². The van der Waals surface area contributed by atoms with Gasteiger partial charge < -0.3 is 5.73 Å². The smallest absolute Gasteiger partial charge is 0.178 e. The van der Waals surface area contributed by atoms with Crippen LogP contribution in [0.15, 0.2) is 29.2 Å². The predicted octanol–water partition coefficient (Wildman–Crippen LogP) is 2.57. The van der Waals surface area contributed by atoms with Gasteiger partial charge in [0.1, 0.15) is 0 Å². The lowest BCUT2D eigenvalue weighted by Crippen LogP contribution is -2.15. The van der Waals surface area contributed by atoms with E-state index in [0.29, 0.717) is 23.3 Å². The Bertz CT molecular complexity index is 463. The van der Waals surface area contributed by atoms with Crippen LogP contribution in [0, 0.1) is 5.92 Å². The Morgan fingerprint density at radius 1 is 1.17 bits per heavy atom. The molecule has 0 amide bonds. The molecule has 0 aliphatic heterocycles. The zero-order valence-corrected chi connectivity index (χ0v) is 12.2. The molecule has 0 radical (unpaired) electrons. The second kappa shape index (κ2) is 6.34. The molecule has 2 N–H and O–H groups in total. The van der Waals surface area contributed by atoms with Crippen LogP contribution in [0.1, 0.15) is 38.7 Å². The van der Waals surface area contributed by atoms with Crippen LogP contribution in [0.4, 0.5) is 0 Å². The van der Waals surface area contributed by atoms with E-state index in [-0.39, 0.29) is 5.75 Å². The Kier molecular flexibility index (Phi) is 5.35. The van der Waals surface area contributed by atoms with Gasteiger partial charge in [-0.2, -0.15) is 0 Å². The lowest BCUT2D eigenvalue weighted by molar-refractivity contribution is 0.504. The van der Waals surface area contributed by atoms with Gasteiger partial charge in [-0.3, -0.25) is 0 Å². The molecule has 0 bridgehead atoms. The first kappa shape index (κ1) is 15.2. The minimum absolute atomic E-state index is 0.138. The molecule has 4 heteroatoms. The molecule has 18 heavy (non-hydrogen) atoms. The van der Waals surface area contributed by atoms with Crippen molar-refractivity contribution in [1.29, 1.82) is 0 Å². The lowest BCUT2D eigenvalue weighted by atomic mass is 9.90. The van der Waals surface area contributed by atoms with Gasteiger partial charge in [-0.15, -0.1) is 0 Å². The second-order valence-electron chi connectivity index (χ2n) is 5.03. The summed E-state index contributed by atoms with van der Waals surface area (Å²) in [6.45, 7) is 6.58. The van der Waals surface area contributed by atoms with Crippen molar-refractivity contribution >= 4 is 9.84 Å². The zero-order chi connectivity index (χ0) is 13.8. The van der Waals surface area contributed by atoms with Crippen LogP contribution in [0.3, 0.4) is 0 Å². The van der Waals surface area contributed by atoms with E-state index in [1.807, 2.05) is 12.1 Å². The van der Waals surface area contributed by atoms with E-state index in [4.69, 9.17) is 5.73 Å². The molecule has 0 saturated heterocycles. The molecule has 0 saturated carbocycles. The standard InChI is InChI=1S/C14H23NO2S/c1-4-18(16,17)14-7-5-12(6-8-14)13(10-15)9-11(2)3/h5-8,11,13H,4,9-10,15H2,1-3H3. The number of hydrogen-bond donors (Lipinski definition) is 1. The van der Waals surface area contributed by atoms with Gasteiger partial charge in [-0.1, -0.05) is 32.9 Å². The summed E-state index contributed by atoms with van der Waals surface area (Å²) in [7, 11) is -3.10. The maximum absolute atomic E-state index is 11.7. The van der Waals surface area contributed by atoms with Crippen molar-refractivity contribution in [2.75, 3.05) is 12.3 Å². The summed E-state index contributed by atoms with van der Waals surface area (Å²) in [4.78, 5) is 0.397. The lowest BCUT2D eigenvalue weighted by Gasteiger charge is -2.17. The average Bonchev–Trinajstić information content (AvgIpc) is 2.36. The average molecular weight is 269 g/mol. The predicted molar refractivity (Wildman–Crippen MR) is 75.4 cm³/mol. The van der Waals surface area contributed by atoms with Crippen molar-refractivity contribution in [3.05, 3.63) is 29.8 Å². The third-order valence-corrected chi connectivity index (χ3v) is 4.88. The highest BCUT2D eigenvalue weighted by atomic mass is 32.2. The molecule has 1 aromatic carbocycles. The molecule has 1 aromatic rings. The Hall–Kier alpha value is -0.870. The molecule has 102 valence electrons. The largest absolute Gasteiger partial charge is 0.330 e. The second-order valence-corrected chi connectivity index (χ2v) is 7.31. The molecular formula is C14H23NO2S. The summed E-state index contributed by atoms with van der Waals surface area (Å²) < 4.78 is 23.4. The van der Waals surface area contributed by atoms with Crippen LogP contribution in [0.2, 0.25) is 0 Å². The molecular weight excluding hydrogens is 246 g/mol. The van der Waals surface area contributed by atoms with Crippen molar-refractivity contribution < 1.29 is 8.42 Å². The summed E-state index contributed by atoms with van der Waals surface area (Å²) in [6, 6.07) is 7.17. The Labute approximate surface area is 110 Å². The van der Waals surface area contributed by atoms with Gasteiger partial charge in [0.05, 0.1) is 10.6 Å². The highest BCUT2D eigenvalue weighted by molar-refractivity contribution is 7.91. The highest BCUT2D eigenvalue weighted by Crippen LogP contribution is 2.24. The minimum Gasteiger partial charge on any atom is -0.330 e. The molecule has 0 spiro atoms. The van der Waals surface area contributed by atoms with Gasteiger partial charge in [0, 0.05) is 0 Å². The van der Waals surface area contributed by atoms with E-state index < -0.39 is 9.84 Å². The molecule has 1 rings (SSSR count). The number of benzene rings is 1. The maximum Gasteiger partial charge on any atom is 0.178 e. The van der Waals surface area contributed by atoms with Gasteiger partial charge in [0.2, 0.25) is 0 Å². The first-order valence-electron chi connectivity index (χ1n) is 6.43. The number of hydrogen-bond acceptors (Lipinski definition) is 3. The normalized spacial score (nSPS) is 13.8. The molecule has 0 fully saturated rings. The van der Waals surface area contributed by atoms with E-state index in [1.54, 1.807) is 19.1 Å². The number of sulfone groups is 1. The van der Waals surface area contributed by atoms with Crippen LogP contribution in [0.5, 0.6) is 0 Å². The van der Waals surface area contributed by atoms with Crippen LogP contribution in [-0.2, 0) is 9.84 Å².